The van der Waals surface area contributed by atoms with Gasteiger partial charge in [0.1, 0.15) is 24.9 Å². The fourth-order valence-electron chi connectivity index (χ4n) is 4.59. The van der Waals surface area contributed by atoms with Crippen molar-refractivity contribution in [1.82, 2.24) is 18.7 Å². The third-order valence-corrected chi connectivity index (χ3v) is 6.47. The van der Waals surface area contributed by atoms with Crippen molar-refractivity contribution in [1.29, 1.82) is 0 Å². The lowest BCUT2D eigenvalue weighted by atomic mass is 10.1. The summed E-state index contributed by atoms with van der Waals surface area (Å²) >= 11 is 0. The van der Waals surface area contributed by atoms with E-state index in [0.29, 0.717) is 0 Å². The topological polar surface area (TPSA) is 180 Å². The van der Waals surface area contributed by atoms with E-state index in [1.807, 2.05) is 0 Å². The summed E-state index contributed by atoms with van der Waals surface area (Å²) in [5.74, 6) is -2.62. The number of pyridine rings is 1. The van der Waals surface area contributed by atoms with Crippen molar-refractivity contribution >= 4 is 35.0 Å². The molecule has 4 rings (SSSR count). The third-order valence-electron chi connectivity index (χ3n) is 6.47. The molecule has 1 aliphatic heterocycles. The van der Waals surface area contributed by atoms with Gasteiger partial charge in [0.05, 0.1) is 12.9 Å². The van der Waals surface area contributed by atoms with Crippen LogP contribution in [-0.2, 0) is 58.7 Å². The summed E-state index contributed by atoms with van der Waals surface area (Å²) in [4.78, 5) is 76.9. The van der Waals surface area contributed by atoms with Gasteiger partial charge in [-0.3, -0.25) is 28.3 Å². The molecule has 0 amide bonds. The maximum absolute atomic E-state index is 12.9. The zero-order chi connectivity index (χ0) is 30.7. The highest BCUT2D eigenvalue weighted by Gasteiger charge is 2.54. The Labute approximate surface area is 237 Å². The van der Waals surface area contributed by atoms with Crippen molar-refractivity contribution in [3.63, 3.8) is 0 Å². The molecule has 0 spiro atoms. The SMILES string of the molecule is CC(=O)OC[C@H]1O[C@@H]([n+]2cccc(C(=O)OCCn3cnc4c3c(=O)n(C)c(=O)n4C)c2)[C@H](OC(C)=O)[C@@H]1OC(C)=O. The Hall–Kier alpha value is -4.86. The molecule has 0 bridgehead atoms. The number of rotatable bonds is 9. The number of esters is 4. The average Bonchev–Trinajstić information content (AvgIpc) is 3.50. The zero-order valence-electron chi connectivity index (χ0n) is 23.5. The lowest BCUT2D eigenvalue weighted by Crippen LogP contribution is -2.48. The predicted octanol–water partition coefficient (Wildman–Crippen LogP) is -1.10. The molecule has 0 aromatic carbocycles. The monoisotopic (exact) mass is 588 g/mol. The number of carbonyl (C=O) groups excluding carboxylic acids is 4. The maximum atomic E-state index is 12.9. The summed E-state index contributed by atoms with van der Waals surface area (Å²) in [5.41, 5.74) is -0.534. The molecule has 1 fully saturated rings. The van der Waals surface area contributed by atoms with E-state index in [4.69, 9.17) is 23.7 Å². The molecule has 0 aliphatic carbocycles. The molecule has 3 aromatic rings. The number of hydrogen-bond donors (Lipinski definition) is 0. The molecular formula is C26H30N5O11+. The number of aryl methyl sites for hydroxylation is 1. The van der Waals surface area contributed by atoms with Gasteiger partial charge in [-0.1, -0.05) is 0 Å². The van der Waals surface area contributed by atoms with Gasteiger partial charge in [0.2, 0.25) is 6.10 Å². The Kier molecular flexibility index (Phi) is 8.84. The van der Waals surface area contributed by atoms with Crippen LogP contribution >= 0.6 is 0 Å². The molecule has 16 heteroatoms. The number of hydrogen-bond acceptors (Lipinski definition) is 12. The number of fused-ring (bicyclic) bond motifs is 1. The van der Waals surface area contributed by atoms with Crippen LogP contribution in [-0.4, -0.2) is 74.1 Å². The van der Waals surface area contributed by atoms with Crippen LogP contribution in [0, 0.1) is 0 Å². The van der Waals surface area contributed by atoms with E-state index in [1.54, 1.807) is 12.3 Å². The Balaban J connectivity index is 1.52. The molecular weight excluding hydrogens is 558 g/mol. The summed E-state index contributed by atoms with van der Waals surface area (Å²) in [7, 11) is 2.86. The molecule has 4 heterocycles. The van der Waals surface area contributed by atoms with E-state index in [0.717, 1.165) is 4.57 Å². The molecule has 1 saturated heterocycles. The first-order valence-corrected chi connectivity index (χ1v) is 12.8. The van der Waals surface area contributed by atoms with Crippen LogP contribution in [0.2, 0.25) is 0 Å². The molecule has 224 valence electrons. The standard InChI is InChI=1S/C26H30N5O11/c1-14(32)39-12-18-20(40-15(2)33)21(41-16(3)34)24(42-18)30-8-6-7-17(11-30)25(36)38-10-9-31-13-27-22-19(31)23(35)29(5)26(37)28(22)4/h6-8,11,13,18,20-21,24H,9-10,12H2,1-5H3/q+1/t18-,20-,21-,24-/m1/s1. The van der Waals surface area contributed by atoms with Crippen LogP contribution < -0.4 is 15.8 Å². The largest absolute Gasteiger partial charge is 0.463 e. The number of imidazole rings is 1. The Morgan fingerprint density at radius 2 is 1.67 bits per heavy atom. The number of ether oxygens (including phenoxy) is 5. The van der Waals surface area contributed by atoms with E-state index in [-0.39, 0.29) is 36.5 Å². The second kappa shape index (κ2) is 12.3. The molecule has 16 nitrogen and oxygen atoms in total. The summed E-state index contributed by atoms with van der Waals surface area (Å²) < 4.78 is 32.4. The normalized spacial score (nSPS) is 19.8. The lowest BCUT2D eigenvalue weighted by Gasteiger charge is -2.21. The molecule has 3 aromatic heterocycles. The minimum absolute atomic E-state index is 0.0880. The van der Waals surface area contributed by atoms with Gasteiger partial charge < -0.3 is 28.3 Å². The van der Waals surface area contributed by atoms with Crippen LogP contribution in [0.3, 0.4) is 0 Å². The summed E-state index contributed by atoms with van der Waals surface area (Å²) in [6.45, 7) is 3.25. The quantitative estimate of drug-likeness (QED) is 0.168. The second-order valence-electron chi connectivity index (χ2n) is 9.51. The smallest absolute Gasteiger partial charge is 0.344 e. The molecule has 0 unspecified atom stereocenters. The van der Waals surface area contributed by atoms with Crippen LogP contribution in [0.5, 0.6) is 0 Å². The highest BCUT2D eigenvalue weighted by atomic mass is 16.7. The molecule has 1 aliphatic rings. The van der Waals surface area contributed by atoms with Crippen LogP contribution in [0.15, 0.2) is 40.4 Å². The zero-order valence-corrected chi connectivity index (χ0v) is 23.5. The van der Waals surface area contributed by atoms with Crippen molar-refractivity contribution in [3.05, 3.63) is 57.3 Å². The van der Waals surface area contributed by atoms with Gasteiger partial charge in [-0.15, -0.1) is 0 Å². The maximum Gasteiger partial charge on any atom is 0.344 e. The van der Waals surface area contributed by atoms with Crippen molar-refractivity contribution < 1.29 is 47.4 Å². The Morgan fingerprint density at radius 1 is 0.976 bits per heavy atom. The average molecular weight is 589 g/mol. The van der Waals surface area contributed by atoms with Crippen molar-refractivity contribution in [2.24, 2.45) is 14.1 Å². The van der Waals surface area contributed by atoms with E-state index in [1.165, 1.54) is 67.2 Å². The van der Waals surface area contributed by atoms with Gasteiger partial charge >= 0.3 is 35.8 Å². The minimum atomic E-state index is -1.13. The van der Waals surface area contributed by atoms with E-state index < -0.39 is 59.7 Å². The first-order chi connectivity index (χ1) is 19.9. The van der Waals surface area contributed by atoms with Crippen molar-refractivity contribution in [3.8, 4) is 0 Å². The fourth-order valence-corrected chi connectivity index (χ4v) is 4.59. The van der Waals surface area contributed by atoms with Gasteiger partial charge in [-0.25, -0.2) is 14.6 Å². The van der Waals surface area contributed by atoms with Gasteiger partial charge in [0.15, 0.2) is 29.7 Å². The predicted molar refractivity (Wildman–Crippen MR) is 139 cm³/mol. The molecule has 0 radical (unpaired) electrons. The molecule has 4 atom stereocenters. The van der Waals surface area contributed by atoms with Crippen LogP contribution in [0.1, 0.15) is 37.4 Å². The summed E-state index contributed by atoms with van der Waals surface area (Å²) in [6, 6.07) is 3.03. The van der Waals surface area contributed by atoms with E-state index in [9.17, 15) is 28.8 Å². The number of carbonyl (C=O) groups is 4. The Morgan fingerprint density at radius 3 is 2.33 bits per heavy atom. The van der Waals surface area contributed by atoms with Crippen molar-refractivity contribution in [2.75, 3.05) is 13.2 Å². The number of nitrogens with zero attached hydrogens (tertiary/aromatic N) is 5. The highest BCUT2D eigenvalue weighted by Crippen LogP contribution is 2.31. The highest BCUT2D eigenvalue weighted by molar-refractivity contribution is 5.88. The molecule has 0 saturated carbocycles. The molecule has 42 heavy (non-hydrogen) atoms. The van der Waals surface area contributed by atoms with Gasteiger partial charge in [-0.2, -0.15) is 4.57 Å². The van der Waals surface area contributed by atoms with Gasteiger partial charge in [0, 0.05) is 40.9 Å². The summed E-state index contributed by atoms with van der Waals surface area (Å²) in [5, 5.41) is 0. The van der Waals surface area contributed by atoms with Gasteiger partial charge in [-0.05, 0) is 6.07 Å². The first kappa shape index (κ1) is 30.1. The first-order valence-electron chi connectivity index (χ1n) is 12.8. The molecule has 0 N–H and O–H groups in total. The third kappa shape index (κ3) is 6.22. The summed E-state index contributed by atoms with van der Waals surface area (Å²) in [6.07, 6.45) is 0.0929. The van der Waals surface area contributed by atoms with E-state index >= 15 is 0 Å². The van der Waals surface area contributed by atoms with Crippen molar-refractivity contribution in [2.45, 2.75) is 51.9 Å². The fraction of sp³-hybridized carbons (Fsp3) is 0.462. The minimum Gasteiger partial charge on any atom is -0.463 e. The Bertz CT molecular complexity index is 1660. The van der Waals surface area contributed by atoms with E-state index in [2.05, 4.69) is 4.98 Å². The lowest BCUT2D eigenvalue weighted by molar-refractivity contribution is -0.765. The van der Waals surface area contributed by atoms with Crippen LogP contribution in [0.4, 0.5) is 0 Å². The number of aromatic nitrogens is 5. The van der Waals surface area contributed by atoms with Crippen LogP contribution in [0.25, 0.3) is 11.2 Å². The second-order valence-corrected chi connectivity index (χ2v) is 9.51. The van der Waals surface area contributed by atoms with Gasteiger partial charge in [0.25, 0.3) is 5.56 Å².